The molecule has 0 aromatic rings. The van der Waals surface area contributed by atoms with Gasteiger partial charge in [0.15, 0.2) is 0 Å². The number of esters is 1. The molecule has 0 bridgehead atoms. The molecule has 1 heterocycles. The molecule has 0 spiro atoms. The highest BCUT2D eigenvalue weighted by atomic mass is 16.6. The van der Waals surface area contributed by atoms with Crippen molar-refractivity contribution in [2.45, 2.75) is 51.2 Å². The van der Waals surface area contributed by atoms with Crippen LogP contribution in [0.3, 0.4) is 0 Å². The molecule has 2 aliphatic rings. The van der Waals surface area contributed by atoms with E-state index in [1.165, 1.54) is 0 Å². The quantitative estimate of drug-likeness (QED) is 0.624. The average molecular weight is 184 g/mol. The molecule has 1 saturated heterocycles. The Kier molecular flexibility index (Phi) is 2.06. The van der Waals surface area contributed by atoms with Crippen LogP contribution in [0.4, 0.5) is 0 Å². The molecule has 3 heteroatoms. The summed E-state index contributed by atoms with van der Waals surface area (Å²) in [5.74, 6) is -0.143. The number of aliphatic hydroxyl groups is 1. The van der Waals surface area contributed by atoms with Gasteiger partial charge in [-0.05, 0) is 25.7 Å². The van der Waals surface area contributed by atoms with Crippen LogP contribution in [0.1, 0.15) is 39.0 Å². The number of rotatable bonds is 1. The van der Waals surface area contributed by atoms with E-state index in [0.29, 0.717) is 6.42 Å². The maximum Gasteiger partial charge on any atom is 0.306 e. The first-order valence-electron chi connectivity index (χ1n) is 5.05. The monoisotopic (exact) mass is 184 g/mol. The van der Waals surface area contributed by atoms with E-state index in [2.05, 4.69) is 6.92 Å². The van der Waals surface area contributed by atoms with Crippen LogP contribution in [-0.2, 0) is 9.53 Å². The van der Waals surface area contributed by atoms with Crippen molar-refractivity contribution in [3.63, 3.8) is 0 Å². The molecule has 2 rings (SSSR count). The van der Waals surface area contributed by atoms with Crippen LogP contribution in [0.25, 0.3) is 0 Å². The van der Waals surface area contributed by atoms with Gasteiger partial charge in [0.1, 0.15) is 6.10 Å². The van der Waals surface area contributed by atoms with Crippen LogP contribution in [0, 0.1) is 5.41 Å². The first-order valence-corrected chi connectivity index (χ1v) is 5.05. The summed E-state index contributed by atoms with van der Waals surface area (Å²) in [7, 11) is 0. The minimum Gasteiger partial charge on any atom is -0.459 e. The van der Waals surface area contributed by atoms with E-state index in [-0.39, 0.29) is 17.5 Å². The Hall–Kier alpha value is -0.570. The van der Waals surface area contributed by atoms with Gasteiger partial charge in [-0.3, -0.25) is 4.79 Å². The lowest BCUT2D eigenvalue weighted by atomic mass is 9.75. The summed E-state index contributed by atoms with van der Waals surface area (Å²) in [5, 5.41) is 9.66. The van der Waals surface area contributed by atoms with Crippen molar-refractivity contribution in [3.8, 4) is 0 Å². The second-order valence-electron chi connectivity index (χ2n) is 4.23. The Bertz CT molecular complexity index is 226. The summed E-state index contributed by atoms with van der Waals surface area (Å²) >= 11 is 0. The van der Waals surface area contributed by atoms with Crippen molar-refractivity contribution in [2.75, 3.05) is 0 Å². The molecule has 0 aromatic heterocycles. The zero-order valence-electron chi connectivity index (χ0n) is 7.95. The zero-order valence-corrected chi connectivity index (χ0v) is 7.95. The summed E-state index contributed by atoms with van der Waals surface area (Å²) in [6.45, 7) is 2.12. The van der Waals surface area contributed by atoms with Crippen LogP contribution >= 0.6 is 0 Å². The number of hydrogen-bond acceptors (Lipinski definition) is 3. The van der Waals surface area contributed by atoms with Crippen molar-refractivity contribution in [3.05, 3.63) is 0 Å². The van der Waals surface area contributed by atoms with Gasteiger partial charge in [0.25, 0.3) is 0 Å². The third kappa shape index (κ3) is 1.26. The van der Waals surface area contributed by atoms with E-state index < -0.39 is 6.10 Å². The molecule has 0 aromatic carbocycles. The molecule has 1 aliphatic carbocycles. The summed E-state index contributed by atoms with van der Waals surface area (Å²) in [5.41, 5.74) is 0.0906. The standard InChI is InChI=1S/C10H16O3/c1-2-10-5-3-7(11)9(10)13-8(12)4-6-10/h7,9,11H,2-6H2,1H3/t7?,9?,10-/m1/s1. The maximum absolute atomic E-state index is 11.1. The van der Waals surface area contributed by atoms with Gasteiger partial charge in [-0.2, -0.15) is 0 Å². The van der Waals surface area contributed by atoms with E-state index in [0.717, 1.165) is 25.7 Å². The molecule has 0 amide bonds. The molecule has 1 aliphatic heterocycles. The maximum atomic E-state index is 11.1. The number of carbonyl (C=O) groups is 1. The topological polar surface area (TPSA) is 46.5 Å². The molecule has 1 saturated carbocycles. The Morgan fingerprint density at radius 1 is 1.62 bits per heavy atom. The largest absolute Gasteiger partial charge is 0.459 e. The molecule has 3 atom stereocenters. The third-order valence-electron chi connectivity index (χ3n) is 3.68. The predicted molar refractivity (Wildman–Crippen MR) is 47.1 cm³/mol. The van der Waals surface area contributed by atoms with E-state index in [4.69, 9.17) is 4.74 Å². The van der Waals surface area contributed by atoms with Crippen molar-refractivity contribution in [1.82, 2.24) is 0 Å². The minimum absolute atomic E-state index is 0.0906. The van der Waals surface area contributed by atoms with Crippen molar-refractivity contribution < 1.29 is 14.6 Å². The number of hydrogen-bond donors (Lipinski definition) is 1. The summed E-state index contributed by atoms with van der Waals surface area (Å²) < 4.78 is 5.23. The summed E-state index contributed by atoms with van der Waals surface area (Å²) in [6.07, 6.45) is 3.56. The molecule has 2 unspecified atom stereocenters. The van der Waals surface area contributed by atoms with Crippen molar-refractivity contribution >= 4 is 5.97 Å². The third-order valence-corrected chi connectivity index (χ3v) is 3.68. The van der Waals surface area contributed by atoms with Gasteiger partial charge in [0, 0.05) is 11.8 Å². The summed E-state index contributed by atoms with van der Waals surface area (Å²) in [6, 6.07) is 0. The number of aliphatic hydroxyl groups excluding tert-OH is 1. The van der Waals surface area contributed by atoms with Crippen molar-refractivity contribution in [1.29, 1.82) is 0 Å². The van der Waals surface area contributed by atoms with Gasteiger partial charge in [-0.15, -0.1) is 0 Å². The first kappa shape index (κ1) is 9.00. The smallest absolute Gasteiger partial charge is 0.306 e. The Balaban J connectivity index is 2.20. The molecule has 13 heavy (non-hydrogen) atoms. The van der Waals surface area contributed by atoms with E-state index >= 15 is 0 Å². The van der Waals surface area contributed by atoms with Crippen LogP contribution in [0.5, 0.6) is 0 Å². The summed E-state index contributed by atoms with van der Waals surface area (Å²) in [4.78, 5) is 11.1. The molecule has 2 fully saturated rings. The van der Waals surface area contributed by atoms with Crippen LogP contribution in [0.2, 0.25) is 0 Å². The highest BCUT2D eigenvalue weighted by Gasteiger charge is 2.51. The zero-order chi connectivity index (χ0) is 9.47. The predicted octanol–water partition coefficient (Wildman–Crippen LogP) is 1.24. The Labute approximate surface area is 78.1 Å². The molecule has 1 N–H and O–H groups in total. The SMILES string of the molecule is CC[C@@]12CCC(=O)OC1C(O)CC2. The second kappa shape index (κ2) is 2.98. The average Bonchev–Trinajstić information content (AvgIpc) is 2.46. The number of ether oxygens (including phenoxy) is 1. The van der Waals surface area contributed by atoms with Gasteiger partial charge in [-0.1, -0.05) is 6.92 Å². The fourth-order valence-electron chi connectivity index (χ4n) is 2.71. The molecule has 74 valence electrons. The molecular formula is C10H16O3. The van der Waals surface area contributed by atoms with Gasteiger partial charge >= 0.3 is 5.97 Å². The van der Waals surface area contributed by atoms with Crippen LogP contribution < -0.4 is 0 Å². The highest BCUT2D eigenvalue weighted by molar-refractivity contribution is 5.70. The number of carbonyl (C=O) groups excluding carboxylic acids is 1. The lowest BCUT2D eigenvalue weighted by molar-refractivity contribution is -0.171. The van der Waals surface area contributed by atoms with Gasteiger partial charge in [0.2, 0.25) is 0 Å². The van der Waals surface area contributed by atoms with Crippen LogP contribution in [0.15, 0.2) is 0 Å². The molecule has 0 radical (unpaired) electrons. The van der Waals surface area contributed by atoms with Gasteiger partial charge in [0.05, 0.1) is 6.10 Å². The van der Waals surface area contributed by atoms with E-state index in [1.54, 1.807) is 0 Å². The highest BCUT2D eigenvalue weighted by Crippen LogP contribution is 2.49. The normalized spacial score (nSPS) is 44.3. The van der Waals surface area contributed by atoms with E-state index in [1.807, 2.05) is 0 Å². The number of fused-ring (bicyclic) bond motifs is 1. The minimum atomic E-state index is -0.427. The fourth-order valence-corrected chi connectivity index (χ4v) is 2.71. The molecule has 3 nitrogen and oxygen atoms in total. The first-order chi connectivity index (χ1) is 6.18. The van der Waals surface area contributed by atoms with Gasteiger partial charge in [-0.25, -0.2) is 0 Å². The Morgan fingerprint density at radius 3 is 3.08 bits per heavy atom. The fraction of sp³-hybridized carbons (Fsp3) is 0.900. The molecular weight excluding hydrogens is 168 g/mol. The van der Waals surface area contributed by atoms with Crippen LogP contribution in [-0.4, -0.2) is 23.3 Å². The van der Waals surface area contributed by atoms with Gasteiger partial charge < -0.3 is 9.84 Å². The Morgan fingerprint density at radius 2 is 2.38 bits per heavy atom. The van der Waals surface area contributed by atoms with Crippen molar-refractivity contribution in [2.24, 2.45) is 5.41 Å². The lowest BCUT2D eigenvalue weighted by Crippen LogP contribution is -2.43. The van der Waals surface area contributed by atoms with E-state index in [9.17, 15) is 9.90 Å². The second-order valence-corrected chi connectivity index (χ2v) is 4.23. The lowest BCUT2D eigenvalue weighted by Gasteiger charge is -2.38.